The third-order valence-electron chi connectivity index (χ3n) is 4.75. The highest BCUT2D eigenvalue weighted by Crippen LogP contribution is 2.20. The Labute approximate surface area is 151 Å². The Kier molecular flexibility index (Phi) is 5.51. The fraction of sp³-hybridized carbons (Fsp3) is 0.500. The first-order valence-electron chi connectivity index (χ1n) is 8.59. The maximum absolute atomic E-state index is 13.1. The summed E-state index contributed by atoms with van der Waals surface area (Å²) in [6, 6.07) is 5.17. The largest absolute Gasteiger partial charge is 0.375 e. The molecule has 0 aliphatic carbocycles. The van der Waals surface area contributed by atoms with E-state index in [1.807, 2.05) is 0 Å². The van der Waals surface area contributed by atoms with Gasteiger partial charge in [0.05, 0.1) is 6.54 Å². The van der Waals surface area contributed by atoms with Crippen molar-refractivity contribution in [2.45, 2.75) is 19.0 Å². The van der Waals surface area contributed by atoms with Crippen molar-refractivity contribution < 1.29 is 23.5 Å². The standard InChI is InChI=1S/C18H22FN3O4/c1-26-12-17(24)20-7-2-8-22-15(10-20)18(25)21(11-16(22)23)9-13-3-5-14(19)6-4-13/h3-6,15H,2,7-12H2,1H3. The summed E-state index contributed by atoms with van der Waals surface area (Å²) in [4.78, 5) is 42.3. The van der Waals surface area contributed by atoms with E-state index in [4.69, 9.17) is 4.74 Å². The number of carbonyl (C=O) groups is 3. The molecule has 3 amide bonds. The van der Waals surface area contributed by atoms with Gasteiger partial charge >= 0.3 is 0 Å². The lowest BCUT2D eigenvalue weighted by Crippen LogP contribution is -2.61. The molecule has 2 fully saturated rings. The van der Waals surface area contributed by atoms with Gasteiger partial charge in [-0.1, -0.05) is 12.1 Å². The Morgan fingerprint density at radius 2 is 1.96 bits per heavy atom. The minimum absolute atomic E-state index is 0.00126. The molecule has 26 heavy (non-hydrogen) atoms. The zero-order valence-electron chi connectivity index (χ0n) is 14.7. The van der Waals surface area contributed by atoms with Crippen LogP contribution in [0.3, 0.4) is 0 Å². The summed E-state index contributed by atoms with van der Waals surface area (Å²) in [6.07, 6.45) is 0.628. The molecule has 8 heteroatoms. The number of hydrogen-bond donors (Lipinski definition) is 0. The maximum Gasteiger partial charge on any atom is 0.248 e. The molecule has 1 aromatic carbocycles. The summed E-state index contributed by atoms with van der Waals surface area (Å²) in [5.41, 5.74) is 0.752. The van der Waals surface area contributed by atoms with Crippen molar-refractivity contribution in [2.24, 2.45) is 0 Å². The van der Waals surface area contributed by atoms with Crippen LogP contribution < -0.4 is 0 Å². The SMILES string of the molecule is COCC(=O)N1CCCN2C(=O)CN(Cc3ccc(F)cc3)C(=O)C2C1. The number of carbonyl (C=O) groups excluding carboxylic acids is 3. The average molecular weight is 363 g/mol. The Bertz CT molecular complexity index is 694. The summed E-state index contributed by atoms with van der Waals surface area (Å²) >= 11 is 0. The number of nitrogens with zero attached hydrogens (tertiary/aromatic N) is 3. The Morgan fingerprint density at radius 3 is 2.65 bits per heavy atom. The van der Waals surface area contributed by atoms with Crippen LogP contribution in [-0.4, -0.2) is 78.4 Å². The van der Waals surface area contributed by atoms with Crippen molar-refractivity contribution >= 4 is 17.7 Å². The minimum Gasteiger partial charge on any atom is -0.375 e. The van der Waals surface area contributed by atoms with Gasteiger partial charge in [0, 0.05) is 26.7 Å². The molecule has 0 aromatic heterocycles. The molecule has 0 bridgehead atoms. The van der Waals surface area contributed by atoms with Crippen molar-refractivity contribution in [3.63, 3.8) is 0 Å². The zero-order valence-corrected chi connectivity index (χ0v) is 14.7. The third kappa shape index (κ3) is 3.85. The lowest BCUT2D eigenvalue weighted by molar-refractivity contribution is -0.157. The molecule has 140 valence electrons. The first-order valence-corrected chi connectivity index (χ1v) is 8.59. The Hall–Kier alpha value is -2.48. The summed E-state index contributed by atoms with van der Waals surface area (Å²) in [5.74, 6) is -0.855. The number of rotatable bonds is 4. The first kappa shape index (κ1) is 18.3. The molecule has 0 N–H and O–H groups in total. The van der Waals surface area contributed by atoms with E-state index in [1.165, 1.54) is 24.1 Å². The molecule has 0 saturated carbocycles. The summed E-state index contributed by atoms with van der Waals surface area (Å²) in [7, 11) is 1.45. The fourth-order valence-electron chi connectivity index (χ4n) is 3.42. The second kappa shape index (κ2) is 7.82. The predicted octanol–water partition coefficient (Wildman–Crippen LogP) is 0.244. The molecule has 7 nitrogen and oxygen atoms in total. The van der Waals surface area contributed by atoms with E-state index in [9.17, 15) is 18.8 Å². The highest BCUT2D eigenvalue weighted by Gasteiger charge is 2.41. The number of fused-ring (bicyclic) bond motifs is 1. The maximum atomic E-state index is 13.1. The third-order valence-corrected chi connectivity index (χ3v) is 4.75. The van der Waals surface area contributed by atoms with E-state index in [2.05, 4.69) is 0 Å². The molecule has 0 radical (unpaired) electrons. The number of benzene rings is 1. The smallest absolute Gasteiger partial charge is 0.248 e. The van der Waals surface area contributed by atoms with E-state index >= 15 is 0 Å². The van der Waals surface area contributed by atoms with Crippen LogP contribution >= 0.6 is 0 Å². The number of piperazine rings is 1. The van der Waals surface area contributed by atoms with Crippen molar-refractivity contribution in [1.82, 2.24) is 14.7 Å². The van der Waals surface area contributed by atoms with Crippen LogP contribution in [0.4, 0.5) is 4.39 Å². The van der Waals surface area contributed by atoms with Crippen LogP contribution in [-0.2, 0) is 25.7 Å². The molecular formula is C18H22FN3O4. The van der Waals surface area contributed by atoms with Crippen molar-refractivity contribution in [1.29, 1.82) is 0 Å². The molecular weight excluding hydrogens is 341 g/mol. The molecule has 1 aromatic rings. The second-order valence-electron chi connectivity index (χ2n) is 6.55. The van der Waals surface area contributed by atoms with Gasteiger partial charge in [0.15, 0.2) is 0 Å². The van der Waals surface area contributed by atoms with Gasteiger partial charge in [-0.15, -0.1) is 0 Å². The lowest BCUT2D eigenvalue weighted by atomic mass is 10.1. The van der Waals surface area contributed by atoms with E-state index in [0.29, 0.717) is 19.5 Å². The molecule has 3 rings (SSSR count). The summed E-state index contributed by atoms with van der Waals surface area (Å²) in [6.45, 7) is 1.31. The number of amides is 3. The second-order valence-corrected chi connectivity index (χ2v) is 6.55. The molecule has 1 atom stereocenters. The quantitative estimate of drug-likeness (QED) is 0.769. The van der Waals surface area contributed by atoms with Gasteiger partial charge in [0.1, 0.15) is 25.0 Å². The van der Waals surface area contributed by atoms with E-state index in [-0.39, 0.29) is 49.8 Å². The van der Waals surface area contributed by atoms with Gasteiger partial charge in [-0.25, -0.2) is 4.39 Å². The molecule has 2 heterocycles. The molecule has 2 saturated heterocycles. The number of halogens is 1. The van der Waals surface area contributed by atoms with Gasteiger partial charge in [-0.05, 0) is 24.1 Å². The van der Waals surface area contributed by atoms with E-state index < -0.39 is 6.04 Å². The van der Waals surface area contributed by atoms with Gasteiger partial charge in [-0.3, -0.25) is 14.4 Å². The first-order chi connectivity index (χ1) is 12.5. The molecule has 0 spiro atoms. The molecule has 2 aliphatic heterocycles. The van der Waals surface area contributed by atoms with Gasteiger partial charge in [0.2, 0.25) is 17.7 Å². The van der Waals surface area contributed by atoms with Crippen molar-refractivity contribution in [2.75, 3.05) is 39.9 Å². The topological polar surface area (TPSA) is 70.2 Å². The predicted molar refractivity (Wildman–Crippen MR) is 90.4 cm³/mol. The van der Waals surface area contributed by atoms with Crippen LogP contribution in [0.5, 0.6) is 0 Å². The van der Waals surface area contributed by atoms with Crippen LogP contribution in [0.15, 0.2) is 24.3 Å². The summed E-state index contributed by atoms with van der Waals surface area (Å²) < 4.78 is 18.0. The molecule has 1 unspecified atom stereocenters. The lowest BCUT2D eigenvalue weighted by Gasteiger charge is -2.40. The number of methoxy groups -OCH3 is 1. The summed E-state index contributed by atoms with van der Waals surface area (Å²) in [5, 5.41) is 0. The minimum atomic E-state index is -0.681. The normalized spacial score (nSPS) is 20.8. The van der Waals surface area contributed by atoms with Crippen LogP contribution in [0, 0.1) is 5.82 Å². The van der Waals surface area contributed by atoms with Crippen LogP contribution in [0.2, 0.25) is 0 Å². The Morgan fingerprint density at radius 1 is 1.23 bits per heavy atom. The highest BCUT2D eigenvalue weighted by molar-refractivity contribution is 5.95. The van der Waals surface area contributed by atoms with Crippen LogP contribution in [0.1, 0.15) is 12.0 Å². The molecule has 2 aliphatic rings. The van der Waals surface area contributed by atoms with Crippen LogP contribution in [0.25, 0.3) is 0 Å². The fourth-order valence-corrected chi connectivity index (χ4v) is 3.42. The van der Waals surface area contributed by atoms with Gasteiger partial charge in [-0.2, -0.15) is 0 Å². The van der Waals surface area contributed by atoms with E-state index in [0.717, 1.165) is 5.56 Å². The highest BCUT2D eigenvalue weighted by atomic mass is 19.1. The Balaban J connectivity index is 1.76. The average Bonchev–Trinajstić information content (AvgIpc) is 2.85. The zero-order chi connectivity index (χ0) is 18.7. The number of ether oxygens (including phenoxy) is 1. The van der Waals surface area contributed by atoms with Gasteiger partial charge < -0.3 is 19.4 Å². The van der Waals surface area contributed by atoms with Crippen molar-refractivity contribution in [3.8, 4) is 0 Å². The van der Waals surface area contributed by atoms with Gasteiger partial charge in [0.25, 0.3) is 0 Å². The van der Waals surface area contributed by atoms with Crippen molar-refractivity contribution in [3.05, 3.63) is 35.6 Å². The van der Waals surface area contributed by atoms with E-state index in [1.54, 1.807) is 21.9 Å². The monoisotopic (exact) mass is 363 g/mol. The number of hydrogen-bond acceptors (Lipinski definition) is 4.